The minimum absolute atomic E-state index is 0.341. The number of fused-ring (bicyclic) bond motifs is 3. The van der Waals surface area contributed by atoms with Gasteiger partial charge in [-0.2, -0.15) is 0 Å². The SMILES string of the molecule is O=C(O)c1cc2c([nH]1)CC1C2[C@H]1Cc1ccccc1. The Bertz CT molecular complexity index is 644. The Balaban J connectivity index is 1.54. The van der Waals surface area contributed by atoms with Gasteiger partial charge in [-0.3, -0.25) is 0 Å². The largest absolute Gasteiger partial charge is 0.477 e. The average Bonchev–Trinajstić information content (AvgIpc) is 2.75. The van der Waals surface area contributed by atoms with Gasteiger partial charge >= 0.3 is 5.97 Å². The Morgan fingerprint density at radius 1 is 1.32 bits per heavy atom. The van der Waals surface area contributed by atoms with E-state index >= 15 is 0 Å². The molecule has 1 saturated carbocycles. The van der Waals surface area contributed by atoms with Crippen LogP contribution in [0.15, 0.2) is 36.4 Å². The van der Waals surface area contributed by atoms with Crippen molar-refractivity contribution in [3.63, 3.8) is 0 Å². The predicted molar refractivity (Wildman–Crippen MR) is 71.3 cm³/mol. The molecule has 3 heteroatoms. The van der Waals surface area contributed by atoms with Crippen molar-refractivity contribution >= 4 is 5.97 Å². The monoisotopic (exact) mass is 253 g/mol. The van der Waals surface area contributed by atoms with Crippen molar-refractivity contribution in [1.29, 1.82) is 0 Å². The minimum Gasteiger partial charge on any atom is -0.477 e. The van der Waals surface area contributed by atoms with Gasteiger partial charge in [0, 0.05) is 5.69 Å². The van der Waals surface area contributed by atoms with Crippen molar-refractivity contribution in [2.24, 2.45) is 11.8 Å². The normalized spacial score (nSPS) is 26.8. The van der Waals surface area contributed by atoms with E-state index in [9.17, 15) is 4.79 Å². The van der Waals surface area contributed by atoms with Crippen LogP contribution >= 0.6 is 0 Å². The lowest BCUT2D eigenvalue weighted by Gasteiger charge is -2.03. The molecule has 0 saturated heterocycles. The number of hydrogen-bond donors (Lipinski definition) is 2. The van der Waals surface area contributed by atoms with Crippen molar-refractivity contribution in [3.05, 3.63) is 58.9 Å². The Morgan fingerprint density at radius 2 is 2.11 bits per heavy atom. The number of benzene rings is 1. The van der Waals surface area contributed by atoms with Crippen LogP contribution in [0.2, 0.25) is 0 Å². The lowest BCUT2D eigenvalue weighted by atomic mass is 10.0. The van der Waals surface area contributed by atoms with Gasteiger partial charge in [0.1, 0.15) is 5.69 Å². The highest BCUT2D eigenvalue weighted by molar-refractivity contribution is 5.86. The summed E-state index contributed by atoms with van der Waals surface area (Å²) in [5.41, 5.74) is 4.13. The first-order chi connectivity index (χ1) is 9.24. The molecular formula is C16H15NO2. The van der Waals surface area contributed by atoms with Gasteiger partial charge in [0.15, 0.2) is 0 Å². The molecule has 0 bridgehead atoms. The summed E-state index contributed by atoms with van der Waals surface area (Å²) in [7, 11) is 0. The lowest BCUT2D eigenvalue weighted by molar-refractivity contribution is 0.0691. The zero-order valence-corrected chi connectivity index (χ0v) is 10.5. The van der Waals surface area contributed by atoms with Crippen LogP contribution in [0.5, 0.6) is 0 Å². The van der Waals surface area contributed by atoms with Gasteiger partial charge < -0.3 is 10.1 Å². The van der Waals surface area contributed by atoms with Gasteiger partial charge in [-0.25, -0.2) is 4.79 Å². The van der Waals surface area contributed by atoms with Crippen LogP contribution in [0.1, 0.15) is 33.2 Å². The molecule has 1 heterocycles. The summed E-state index contributed by atoms with van der Waals surface area (Å²) >= 11 is 0. The Morgan fingerprint density at radius 3 is 2.84 bits per heavy atom. The lowest BCUT2D eigenvalue weighted by Crippen LogP contribution is -1.98. The zero-order valence-electron chi connectivity index (χ0n) is 10.5. The molecule has 2 aliphatic carbocycles. The maximum atomic E-state index is 11.0. The van der Waals surface area contributed by atoms with Crippen molar-refractivity contribution < 1.29 is 9.90 Å². The number of rotatable bonds is 3. The highest BCUT2D eigenvalue weighted by Crippen LogP contribution is 2.62. The van der Waals surface area contributed by atoms with Gasteiger partial charge in [-0.05, 0) is 47.8 Å². The van der Waals surface area contributed by atoms with Gasteiger partial charge in [0.25, 0.3) is 0 Å². The molecule has 96 valence electrons. The average molecular weight is 253 g/mol. The van der Waals surface area contributed by atoms with Crippen molar-refractivity contribution in [3.8, 4) is 0 Å². The second-order valence-corrected chi connectivity index (χ2v) is 5.67. The van der Waals surface area contributed by atoms with Gasteiger partial charge in [0.2, 0.25) is 0 Å². The minimum atomic E-state index is -0.855. The zero-order chi connectivity index (χ0) is 13.0. The molecule has 0 amide bonds. The van der Waals surface area contributed by atoms with Crippen molar-refractivity contribution in [2.75, 3.05) is 0 Å². The molecule has 3 nitrogen and oxygen atoms in total. The van der Waals surface area contributed by atoms with Crippen LogP contribution in [-0.4, -0.2) is 16.1 Å². The van der Waals surface area contributed by atoms with E-state index in [0.29, 0.717) is 17.5 Å². The number of carbonyl (C=O) groups is 1. The molecule has 1 aromatic carbocycles. The van der Waals surface area contributed by atoms with E-state index in [1.807, 2.05) is 12.1 Å². The van der Waals surface area contributed by atoms with Crippen LogP contribution in [0.4, 0.5) is 0 Å². The third-order valence-electron chi connectivity index (χ3n) is 4.61. The molecule has 0 aliphatic heterocycles. The summed E-state index contributed by atoms with van der Waals surface area (Å²) in [6, 6.07) is 12.4. The molecule has 0 radical (unpaired) electrons. The number of aromatic nitrogens is 1. The molecular weight excluding hydrogens is 238 g/mol. The van der Waals surface area contributed by atoms with Crippen LogP contribution in [-0.2, 0) is 12.8 Å². The summed E-state index contributed by atoms with van der Waals surface area (Å²) in [6.07, 6.45) is 2.13. The van der Waals surface area contributed by atoms with E-state index in [1.165, 1.54) is 11.1 Å². The molecule has 19 heavy (non-hydrogen) atoms. The molecule has 2 aliphatic rings. The topological polar surface area (TPSA) is 53.1 Å². The highest BCUT2D eigenvalue weighted by atomic mass is 16.4. The van der Waals surface area contributed by atoms with E-state index in [2.05, 4.69) is 29.2 Å². The smallest absolute Gasteiger partial charge is 0.352 e. The third kappa shape index (κ3) is 1.61. The summed E-state index contributed by atoms with van der Waals surface area (Å²) in [5.74, 6) is 1.16. The van der Waals surface area contributed by atoms with E-state index in [1.54, 1.807) is 0 Å². The van der Waals surface area contributed by atoms with Gasteiger partial charge in [0.05, 0.1) is 0 Å². The predicted octanol–water partition coefficient (Wildman–Crippen LogP) is 2.84. The second kappa shape index (κ2) is 3.73. The van der Waals surface area contributed by atoms with E-state index in [-0.39, 0.29) is 0 Å². The third-order valence-corrected chi connectivity index (χ3v) is 4.61. The Hall–Kier alpha value is -2.03. The molecule has 0 spiro atoms. The molecule has 4 rings (SSSR count). The van der Waals surface area contributed by atoms with E-state index < -0.39 is 5.97 Å². The molecule has 1 fully saturated rings. The standard InChI is InChI=1S/C16H15NO2/c18-16(19)14-8-12-13(17-14)7-11-10(15(11)12)6-9-4-2-1-3-5-9/h1-5,8,10-11,15,17H,6-7H2,(H,18,19)/t10-,11?,15?/m0/s1. The first-order valence-corrected chi connectivity index (χ1v) is 6.73. The number of carboxylic acid groups (broad SMARTS) is 1. The van der Waals surface area contributed by atoms with Gasteiger partial charge in [-0.1, -0.05) is 30.3 Å². The molecule has 2 aromatic rings. The summed E-state index contributed by atoms with van der Waals surface area (Å²) in [5, 5.41) is 9.01. The van der Waals surface area contributed by atoms with Crippen molar-refractivity contribution in [2.45, 2.75) is 18.8 Å². The number of nitrogens with one attached hydrogen (secondary N) is 1. The molecule has 2 N–H and O–H groups in total. The number of carboxylic acids is 1. The van der Waals surface area contributed by atoms with E-state index in [0.717, 1.165) is 24.5 Å². The van der Waals surface area contributed by atoms with Crippen LogP contribution in [0.25, 0.3) is 0 Å². The second-order valence-electron chi connectivity index (χ2n) is 5.67. The summed E-state index contributed by atoms with van der Waals surface area (Å²) < 4.78 is 0. The van der Waals surface area contributed by atoms with Gasteiger partial charge in [-0.15, -0.1) is 0 Å². The molecule has 3 atom stereocenters. The molecule has 2 unspecified atom stereocenters. The summed E-state index contributed by atoms with van der Waals surface area (Å²) in [6.45, 7) is 0. The quantitative estimate of drug-likeness (QED) is 0.883. The fourth-order valence-electron chi connectivity index (χ4n) is 3.68. The number of aromatic carboxylic acids is 1. The van der Waals surface area contributed by atoms with Crippen LogP contribution < -0.4 is 0 Å². The number of H-pyrrole nitrogens is 1. The Kier molecular flexibility index (Phi) is 2.13. The van der Waals surface area contributed by atoms with Crippen LogP contribution in [0, 0.1) is 11.8 Å². The first-order valence-electron chi connectivity index (χ1n) is 6.73. The highest BCUT2D eigenvalue weighted by Gasteiger charge is 2.55. The molecule has 1 aromatic heterocycles. The van der Waals surface area contributed by atoms with E-state index in [4.69, 9.17) is 5.11 Å². The first kappa shape index (κ1) is 10.9. The fraction of sp³-hybridized carbons (Fsp3) is 0.312. The number of hydrogen-bond acceptors (Lipinski definition) is 1. The fourth-order valence-corrected chi connectivity index (χ4v) is 3.68. The van der Waals surface area contributed by atoms with Crippen molar-refractivity contribution in [1.82, 2.24) is 4.98 Å². The van der Waals surface area contributed by atoms with Crippen LogP contribution in [0.3, 0.4) is 0 Å². The maximum absolute atomic E-state index is 11.0. The maximum Gasteiger partial charge on any atom is 0.352 e. The Labute approximate surface area is 111 Å². The number of aromatic amines is 1. The summed E-state index contributed by atoms with van der Waals surface area (Å²) in [4.78, 5) is 14.0.